The van der Waals surface area contributed by atoms with Crippen LogP contribution in [-0.2, 0) is 6.54 Å². The van der Waals surface area contributed by atoms with Crippen LogP contribution < -0.4 is 15.4 Å². The molecule has 0 spiro atoms. The first kappa shape index (κ1) is 15.0. The highest BCUT2D eigenvalue weighted by Gasteiger charge is 2.06. The van der Waals surface area contributed by atoms with Gasteiger partial charge >= 0.3 is 0 Å². The monoisotopic (exact) mass is 300 g/mol. The number of amides is 1. The molecule has 4 nitrogen and oxygen atoms in total. The quantitative estimate of drug-likeness (QED) is 0.852. The van der Waals surface area contributed by atoms with Crippen LogP contribution in [0.1, 0.15) is 15.9 Å². The third-order valence-corrected chi connectivity index (χ3v) is 3.12. The highest BCUT2D eigenvalue weighted by atomic mass is 32.1. The van der Waals surface area contributed by atoms with Crippen molar-refractivity contribution in [1.29, 1.82) is 0 Å². The summed E-state index contributed by atoms with van der Waals surface area (Å²) in [4.78, 5) is 11.9. The number of benzene rings is 2. The van der Waals surface area contributed by atoms with E-state index in [1.807, 2.05) is 42.5 Å². The van der Waals surface area contributed by atoms with Crippen molar-refractivity contribution in [2.24, 2.45) is 0 Å². The third-order valence-electron chi connectivity index (χ3n) is 2.88. The maximum absolute atomic E-state index is 11.9. The van der Waals surface area contributed by atoms with Crippen molar-refractivity contribution in [3.8, 4) is 5.75 Å². The van der Waals surface area contributed by atoms with Gasteiger partial charge in [-0.1, -0.05) is 30.3 Å². The van der Waals surface area contributed by atoms with Crippen LogP contribution in [0, 0.1) is 0 Å². The van der Waals surface area contributed by atoms with Crippen LogP contribution in [0.5, 0.6) is 5.75 Å². The molecule has 0 unspecified atom stereocenters. The van der Waals surface area contributed by atoms with Gasteiger partial charge in [-0.15, -0.1) is 0 Å². The molecule has 0 bridgehead atoms. The Morgan fingerprint density at radius 2 is 1.76 bits per heavy atom. The number of thiocarbonyl (C=S) groups is 1. The minimum Gasteiger partial charge on any atom is -0.497 e. The number of carbonyl (C=O) groups excluding carboxylic acids is 1. The minimum absolute atomic E-state index is 0.220. The number of methoxy groups -OCH3 is 1. The SMILES string of the molecule is COc1ccc(CNC(=S)NC(=O)c2ccccc2)cc1. The minimum atomic E-state index is -0.220. The van der Waals surface area contributed by atoms with E-state index < -0.39 is 0 Å². The van der Waals surface area contributed by atoms with E-state index in [-0.39, 0.29) is 5.91 Å². The summed E-state index contributed by atoms with van der Waals surface area (Å²) in [6, 6.07) is 16.6. The Kier molecular flexibility index (Phi) is 5.29. The first-order chi connectivity index (χ1) is 10.2. The standard InChI is InChI=1S/C16H16N2O2S/c1-20-14-9-7-12(8-10-14)11-17-16(21)18-15(19)13-5-3-2-4-6-13/h2-10H,11H2,1H3,(H2,17,18,19,21). The molecule has 2 aromatic carbocycles. The maximum atomic E-state index is 11.9. The summed E-state index contributed by atoms with van der Waals surface area (Å²) in [6.45, 7) is 0.540. The molecule has 2 N–H and O–H groups in total. The second-order valence-corrected chi connectivity index (χ2v) is 4.76. The van der Waals surface area contributed by atoms with Crippen LogP contribution in [0.15, 0.2) is 54.6 Å². The summed E-state index contributed by atoms with van der Waals surface area (Å²) in [5.74, 6) is 0.585. The van der Waals surface area contributed by atoms with E-state index in [1.165, 1.54) is 0 Å². The number of hydrogen-bond donors (Lipinski definition) is 2. The Labute approximate surface area is 129 Å². The Hall–Kier alpha value is -2.40. The van der Waals surface area contributed by atoms with Crippen molar-refractivity contribution in [2.45, 2.75) is 6.54 Å². The van der Waals surface area contributed by atoms with Crippen LogP contribution in [0.25, 0.3) is 0 Å². The van der Waals surface area contributed by atoms with E-state index in [9.17, 15) is 4.79 Å². The van der Waals surface area contributed by atoms with Crippen molar-refractivity contribution < 1.29 is 9.53 Å². The fraction of sp³-hybridized carbons (Fsp3) is 0.125. The molecule has 0 heterocycles. The Bertz CT molecular complexity index is 612. The van der Waals surface area contributed by atoms with Crippen LogP contribution >= 0.6 is 12.2 Å². The van der Waals surface area contributed by atoms with Crippen molar-refractivity contribution in [3.05, 3.63) is 65.7 Å². The Balaban J connectivity index is 1.83. The van der Waals surface area contributed by atoms with Gasteiger partial charge in [-0.25, -0.2) is 0 Å². The van der Waals surface area contributed by atoms with Crippen molar-refractivity contribution in [1.82, 2.24) is 10.6 Å². The van der Waals surface area contributed by atoms with E-state index in [2.05, 4.69) is 10.6 Å². The largest absolute Gasteiger partial charge is 0.497 e. The third kappa shape index (κ3) is 4.57. The van der Waals surface area contributed by atoms with E-state index in [4.69, 9.17) is 17.0 Å². The molecular formula is C16H16N2O2S. The molecule has 2 aromatic rings. The first-order valence-corrected chi connectivity index (χ1v) is 6.87. The maximum Gasteiger partial charge on any atom is 0.257 e. The van der Waals surface area contributed by atoms with Gasteiger partial charge in [-0.3, -0.25) is 10.1 Å². The van der Waals surface area contributed by atoms with Crippen LogP contribution in [0.2, 0.25) is 0 Å². The van der Waals surface area contributed by atoms with E-state index >= 15 is 0 Å². The molecule has 0 radical (unpaired) electrons. The van der Waals surface area contributed by atoms with Crippen LogP contribution in [0.4, 0.5) is 0 Å². The molecule has 0 fully saturated rings. The van der Waals surface area contributed by atoms with Gasteiger partial charge < -0.3 is 10.1 Å². The molecule has 0 saturated heterocycles. The lowest BCUT2D eigenvalue weighted by molar-refractivity contribution is 0.0976. The Morgan fingerprint density at radius 1 is 1.10 bits per heavy atom. The lowest BCUT2D eigenvalue weighted by Crippen LogP contribution is -2.38. The number of hydrogen-bond acceptors (Lipinski definition) is 3. The molecule has 5 heteroatoms. The molecule has 0 aliphatic carbocycles. The van der Waals surface area contributed by atoms with Gasteiger partial charge in [-0.2, -0.15) is 0 Å². The predicted octanol–water partition coefficient (Wildman–Crippen LogP) is 2.50. The first-order valence-electron chi connectivity index (χ1n) is 6.46. The molecule has 108 valence electrons. The van der Waals surface area contributed by atoms with E-state index in [1.54, 1.807) is 19.2 Å². The molecule has 0 aromatic heterocycles. The number of carbonyl (C=O) groups is 1. The van der Waals surface area contributed by atoms with Crippen LogP contribution in [-0.4, -0.2) is 18.1 Å². The van der Waals surface area contributed by atoms with Crippen molar-refractivity contribution in [2.75, 3.05) is 7.11 Å². The van der Waals surface area contributed by atoms with Gasteiger partial charge in [0, 0.05) is 12.1 Å². The summed E-state index contributed by atoms with van der Waals surface area (Å²) >= 11 is 5.11. The number of ether oxygens (including phenoxy) is 1. The van der Waals surface area contributed by atoms with Gasteiger partial charge in [0.2, 0.25) is 0 Å². The molecule has 0 aliphatic heterocycles. The smallest absolute Gasteiger partial charge is 0.257 e. The van der Waals surface area contributed by atoms with Crippen LogP contribution in [0.3, 0.4) is 0 Å². The predicted molar refractivity (Wildman–Crippen MR) is 86.3 cm³/mol. The zero-order chi connectivity index (χ0) is 15.1. The zero-order valence-corrected chi connectivity index (χ0v) is 12.4. The molecule has 0 saturated carbocycles. The fourth-order valence-electron chi connectivity index (χ4n) is 1.73. The average molecular weight is 300 g/mol. The molecule has 21 heavy (non-hydrogen) atoms. The normalized spacial score (nSPS) is 9.76. The second-order valence-electron chi connectivity index (χ2n) is 4.35. The summed E-state index contributed by atoms with van der Waals surface area (Å²) < 4.78 is 5.09. The molecule has 0 aliphatic rings. The van der Waals surface area contributed by atoms with Crippen molar-refractivity contribution >= 4 is 23.2 Å². The van der Waals surface area contributed by atoms with Gasteiger partial charge in [0.1, 0.15) is 5.75 Å². The van der Waals surface area contributed by atoms with E-state index in [0.717, 1.165) is 11.3 Å². The zero-order valence-electron chi connectivity index (χ0n) is 11.6. The highest BCUT2D eigenvalue weighted by Crippen LogP contribution is 2.10. The summed E-state index contributed by atoms with van der Waals surface area (Å²) in [7, 11) is 1.63. The molecular weight excluding hydrogens is 284 g/mol. The summed E-state index contributed by atoms with van der Waals surface area (Å²) in [5.41, 5.74) is 1.62. The topological polar surface area (TPSA) is 50.4 Å². The van der Waals surface area contributed by atoms with Gasteiger partial charge in [-0.05, 0) is 42.0 Å². The second kappa shape index (κ2) is 7.40. The molecule has 0 atom stereocenters. The molecule has 2 rings (SSSR count). The highest BCUT2D eigenvalue weighted by molar-refractivity contribution is 7.80. The average Bonchev–Trinajstić information content (AvgIpc) is 2.54. The fourth-order valence-corrected chi connectivity index (χ4v) is 1.90. The van der Waals surface area contributed by atoms with E-state index in [0.29, 0.717) is 17.2 Å². The van der Waals surface area contributed by atoms with Gasteiger partial charge in [0.05, 0.1) is 7.11 Å². The van der Waals surface area contributed by atoms with Crippen molar-refractivity contribution in [3.63, 3.8) is 0 Å². The summed E-state index contributed by atoms with van der Waals surface area (Å²) in [5, 5.41) is 5.95. The molecule has 1 amide bonds. The lowest BCUT2D eigenvalue weighted by Gasteiger charge is -2.10. The van der Waals surface area contributed by atoms with Gasteiger partial charge in [0.15, 0.2) is 5.11 Å². The number of nitrogens with one attached hydrogen (secondary N) is 2. The Morgan fingerprint density at radius 3 is 2.38 bits per heavy atom. The van der Waals surface area contributed by atoms with Gasteiger partial charge in [0.25, 0.3) is 5.91 Å². The lowest BCUT2D eigenvalue weighted by atomic mass is 10.2. The number of rotatable bonds is 4. The summed E-state index contributed by atoms with van der Waals surface area (Å²) in [6.07, 6.45) is 0.